The van der Waals surface area contributed by atoms with Crippen LogP contribution in [0.5, 0.6) is 0 Å². The van der Waals surface area contributed by atoms with Gasteiger partial charge in [0, 0.05) is 0 Å². The van der Waals surface area contributed by atoms with Crippen molar-refractivity contribution in [1.82, 2.24) is 0 Å². The van der Waals surface area contributed by atoms with Crippen LogP contribution in [0, 0.1) is 0 Å². The molecule has 0 spiro atoms. The van der Waals surface area contributed by atoms with E-state index in [1.807, 2.05) is 6.92 Å². The third kappa shape index (κ3) is 1.68. The van der Waals surface area contributed by atoms with Gasteiger partial charge in [0.2, 0.25) is 0 Å². The third-order valence-electron chi connectivity index (χ3n) is 1.89. The Morgan fingerprint density at radius 1 is 1.50 bits per heavy atom. The molecule has 1 fully saturated rings. The molecule has 3 heteroatoms. The van der Waals surface area contributed by atoms with Gasteiger partial charge in [-0.3, -0.25) is 0 Å². The molecule has 60 valence electrons. The van der Waals surface area contributed by atoms with E-state index in [1.54, 1.807) is 0 Å². The van der Waals surface area contributed by atoms with Crippen molar-refractivity contribution in [2.75, 3.05) is 6.61 Å². The largest absolute Gasteiger partial charge is 0.394 e. The minimum Gasteiger partial charge on any atom is -0.394 e. The van der Waals surface area contributed by atoms with Crippen molar-refractivity contribution in [3.8, 4) is 0 Å². The standard InChI is InChI=1S/C7H14O3/c1-5-2-3-6(9)7(4-8)10-5/h5-9H,2-4H2,1H3/t5-,6+,7-/m1/s1. The monoisotopic (exact) mass is 146 g/mol. The number of aliphatic hydroxyl groups is 2. The molecular weight excluding hydrogens is 132 g/mol. The topological polar surface area (TPSA) is 49.7 Å². The van der Waals surface area contributed by atoms with E-state index >= 15 is 0 Å². The van der Waals surface area contributed by atoms with Crippen molar-refractivity contribution in [2.45, 2.75) is 38.1 Å². The van der Waals surface area contributed by atoms with Crippen LogP contribution in [0.1, 0.15) is 19.8 Å². The zero-order valence-electron chi connectivity index (χ0n) is 6.16. The molecule has 0 aliphatic carbocycles. The summed E-state index contributed by atoms with van der Waals surface area (Å²) in [5, 5.41) is 17.9. The van der Waals surface area contributed by atoms with Crippen LogP contribution < -0.4 is 0 Å². The highest BCUT2D eigenvalue weighted by atomic mass is 16.5. The summed E-state index contributed by atoms with van der Waals surface area (Å²) in [6, 6.07) is 0. The minimum atomic E-state index is -0.471. The quantitative estimate of drug-likeness (QED) is 0.543. The Balaban J connectivity index is 2.38. The molecule has 3 atom stereocenters. The normalized spacial score (nSPS) is 41.7. The first kappa shape index (κ1) is 7.98. The van der Waals surface area contributed by atoms with Gasteiger partial charge in [-0.25, -0.2) is 0 Å². The number of hydrogen-bond acceptors (Lipinski definition) is 3. The van der Waals surface area contributed by atoms with Crippen LogP contribution in [-0.2, 0) is 4.74 Å². The lowest BCUT2D eigenvalue weighted by atomic mass is 10.0. The summed E-state index contributed by atoms with van der Waals surface area (Å²) in [4.78, 5) is 0. The van der Waals surface area contributed by atoms with Crippen LogP contribution in [-0.4, -0.2) is 35.1 Å². The van der Waals surface area contributed by atoms with E-state index in [0.29, 0.717) is 0 Å². The summed E-state index contributed by atoms with van der Waals surface area (Å²) in [6.07, 6.45) is 0.981. The average molecular weight is 146 g/mol. The van der Waals surface area contributed by atoms with Crippen molar-refractivity contribution in [3.05, 3.63) is 0 Å². The van der Waals surface area contributed by atoms with Gasteiger partial charge >= 0.3 is 0 Å². The maximum atomic E-state index is 9.20. The second kappa shape index (κ2) is 3.32. The molecule has 0 bridgehead atoms. The zero-order chi connectivity index (χ0) is 7.56. The molecule has 3 nitrogen and oxygen atoms in total. The molecule has 10 heavy (non-hydrogen) atoms. The predicted molar refractivity (Wildman–Crippen MR) is 36.7 cm³/mol. The lowest BCUT2D eigenvalue weighted by molar-refractivity contribution is -0.127. The predicted octanol–water partition coefficient (Wildman–Crippen LogP) is -0.0929. The van der Waals surface area contributed by atoms with Gasteiger partial charge in [-0.2, -0.15) is 0 Å². The van der Waals surface area contributed by atoms with E-state index in [-0.39, 0.29) is 18.8 Å². The first-order valence-electron chi connectivity index (χ1n) is 3.68. The fraction of sp³-hybridized carbons (Fsp3) is 1.00. The van der Waals surface area contributed by atoms with Gasteiger partial charge in [-0.05, 0) is 19.8 Å². The van der Waals surface area contributed by atoms with E-state index in [0.717, 1.165) is 12.8 Å². The Bertz CT molecular complexity index is 105. The first-order valence-corrected chi connectivity index (χ1v) is 3.68. The van der Waals surface area contributed by atoms with Gasteiger partial charge in [-0.15, -0.1) is 0 Å². The Morgan fingerprint density at radius 2 is 2.20 bits per heavy atom. The molecule has 0 amide bonds. The van der Waals surface area contributed by atoms with Gasteiger partial charge in [0.05, 0.1) is 18.8 Å². The van der Waals surface area contributed by atoms with Crippen molar-refractivity contribution in [2.24, 2.45) is 0 Å². The molecular formula is C7H14O3. The Morgan fingerprint density at radius 3 is 2.70 bits per heavy atom. The summed E-state index contributed by atoms with van der Waals surface area (Å²) < 4.78 is 5.25. The van der Waals surface area contributed by atoms with Gasteiger partial charge in [-0.1, -0.05) is 0 Å². The third-order valence-corrected chi connectivity index (χ3v) is 1.89. The highest BCUT2D eigenvalue weighted by Crippen LogP contribution is 2.18. The molecule has 2 N–H and O–H groups in total. The Hall–Kier alpha value is -0.120. The van der Waals surface area contributed by atoms with Gasteiger partial charge in [0.15, 0.2) is 0 Å². The van der Waals surface area contributed by atoms with Crippen molar-refractivity contribution < 1.29 is 14.9 Å². The fourth-order valence-corrected chi connectivity index (χ4v) is 1.21. The molecule has 1 saturated heterocycles. The molecule has 0 aromatic heterocycles. The van der Waals surface area contributed by atoms with Crippen molar-refractivity contribution in [3.63, 3.8) is 0 Å². The Labute approximate surface area is 60.6 Å². The lowest BCUT2D eigenvalue weighted by Crippen LogP contribution is -2.39. The SMILES string of the molecule is C[C@@H]1CC[C@H](O)[C@@H](CO)O1. The molecule has 1 aliphatic rings. The number of hydrogen-bond donors (Lipinski definition) is 2. The van der Waals surface area contributed by atoms with E-state index in [2.05, 4.69) is 0 Å². The summed E-state index contributed by atoms with van der Waals surface area (Å²) in [5.41, 5.74) is 0. The Kier molecular flexibility index (Phi) is 2.65. The molecule has 0 saturated carbocycles. The summed E-state index contributed by atoms with van der Waals surface area (Å²) >= 11 is 0. The molecule has 1 aliphatic heterocycles. The maximum Gasteiger partial charge on any atom is 0.107 e. The maximum absolute atomic E-state index is 9.20. The molecule has 0 aromatic rings. The zero-order valence-corrected chi connectivity index (χ0v) is 6.16. The molecule has 0 aromatic carbocycles. The van der Waals surface area contributed by atoms with E-state index in [1.165, 1.54) is 0 Å². The smallest absolute Gasteiger partial charge is 0.107 e. The molecule has 1 rings (SSSR count). The first-order chi connectivity index (χ1) is 4.74. The van der Waals surface area contributed by atoms with Crippen LogP contribution >= 0.6 is 0 Å². The lowest BCUT2D eigenvalue weighted by Gasteiger charge is -2.30. The van der Waals surface area contributed by atoms with E-state index < -0.39 is 6.10 Å². The minimum absolute atomic E-state index is 0.0779. The van der Waals surface area contributed by atoms with E-state index in [4.69, 9.17) is 9.84 Å². The highest BCUT2D eigenvalue weighted by molar-refractivity contribution is 4.75. The fourth-order valence-electron chi connectivity index (χ4n) is 1.21. The summed E-state index contributed by atoms with van der Waals surface area (Å²) in [5.74, 6) is 0. The second-order valence-corrected chi connectivity index (χ2v) is 2.81. The van der Waals surface area contributed by atoms with Crippen LogP contribution in [0.25, 0.3) is 0 Å². The second-order valence-electron chi connectivity index (χ2n) is 2.81. The molecule has 1 heterocycles. The average Bonchev–Trinajstić information content (AvgIpc) is 1.94. The van der Waals surface area contributed by atoms with Crippen LogP contribution in [0.3, 0.4) is 0 Å². The van der Waals surface area contributed by atoms with Crippen molar-refractivity contribution in [1.29, 1.82) is 0 Å². The van der Waals surface area contributed by atoms with Crippen LogP contribution in [0.15, 0.2) is 0 Å². The summed E-state index contributed by atoms with van der Waals surface area (Å²) in [7, 11) is 0. The van der Waals surface area contributed by atoms with Crippen LogP contribution in [0.2, 0.25) is 0 Å². The molecule has 0 unspecified atom stereocenters. The van der Waals surface area contributed by atoms with Gasteiger partial charge < -0.3 is 14.9 Å². The van der Waals surface area contributed by atoms with Gasteiger partial charge in [0.25, 0.3) is 0 Å². The number of aliphatic hydroxyl groups excluding tert-OH is 2. The highest BCUT2D eigenvalue weighted by Gasteiger charge is 2.26. The number of rotatable bonds is 1. The van der Waals surface area contributed by atoms with E-state index in [9.17, 15) is 5.11 Å². The molecule has 0 radical (unpaired) electrons. The summed E-state index contributed by atoms with van der Waals surface area (Å²) in [6.45, 7) is 1.88. The number of ether oxygens (including phenoxy) is 1. The van der Waals surface area contributed by atoms with Crippen molar-refractivity contribution >= 4 is 0 Å². The van der Waals surface area contributed by atoms with Gasteiger partial charge in [0.1, 0.15) is 6.10 Å². The van der Waals surface area contributed by atoms with Crippen LogP contribution in [0.4, 0.5) is 0 Å².